The Hall–Kier alpha value is -3.61. The summed E-state index contributed by atoms with van der Waals surface area (Å²) in [5.41, 5.74) is 1.53. The molecule has 3 rings (SSSR count). The molecule has 0 saturated carbocycles. The summed E-state index contributed by atoms with van der Waals surface area (Å²) in [6.07, 6.45) is 2.98. The van der Waals surface area contributed by atoms with E-state index >= 15 is 0 Å². The molecule has 2 atom stereocenters. The van der Waals surface area contributed by atoms with E-state index in [0.29, 0.717) is 17.0 Å². The Bertz CT molecular complexity index is 1390. The highest BCUT2D eigenvalue weighted by Crippen LogP contribution is 2.27. The predicted octanol–water partition coefficient (Wildman–Crippen LogP) is 4.67. The molecule has 0 fully saturated rings. The number of amides is 1. The largest absolute Gasteiger partial charge is 0.462 e. The SMILES string of the molecule is CC(NC(=O)C(C)(C)Oc1ccc(NS(C)(=O)=O)cn1)C(Cc1ccc(Cl)cc1)c1cccc(C#N)c1. The van der Waals surface area contributed by atoms with Crippen molar-refractivity contribution < 1.29 is 17.9 Å². The fourth-order valence-corrected chi connectivity index (χ4v) is 4.48. The molecular weight excluding hydrogens is 512 g/mol. The molecule has 0 aliphatic rings. The van der Waals surface area contributed by atoms with Crippen LogP contribution in [0.2, 0.25) is 5.02 Å². The van der Waals surface area contributed by atoms with Crippen molar-refractivity contribution in [3.05, 3.63) is 88.6 Å². The molecule has 0 aliphatic heterocycles. The number of halogens is 1. The van der Waals surface area contributed by atoms with E-state index in [9.17, 15) is 18.5 Å². The first-order valence-corrected chi connectivity index (χ1v) is 13.8. The van der Waals surface area contributed by atoms with Crippen LogP contribution in [0.1, 0.15) is 43.4 Å². The topological polar surface area (TPSA) is 121 Å². The molecule has 0 saturated heterocycles. The van der Waals surface area contributed by atoms with E-state index in [1.54, 1.807) is 19.9 Å². The first-order valence-electron chi connectivity index (χ1n) is 11.5. The van der Waals surface area contributed by atoms with Crippen LogP contribution < -0.4 is 14.8 Å². The normalized spacial score (nSPS) is 13.2. The number of nitriles is 1. The smallest absolute Gasteiger partial charge is 0.263 e. The van der Waals surface area contributed by atoms with Crippen molar-refractivity contribution in [1.29, 1.82) is 5.26 Å². The Balaban J connectivity index is 1.77. The van der Waals surface area contributed by atoms with Crippen molar-refractivity contribution in [2.45, 2.75) is 44.8 Å². The van der Waals surface area contributed by atoms with E-state index in [1.165, 1.54) is 18.3 Å². The minimum absolute atomic E-state index is 0.131. The maximum Gasteiger partial charge on any atom is 0.263 e. The average molecular weight is 541 g/mol. The Morgan fingerprint density at radius 3 is 2.46 bits per heavy atom. The summed E-state index contributed by atoms with van der Waals surface area (Å²) in [4.78, 5) is 17.4. The summed E-state index contributed by atoms with van der Waals surface area (Å²) in [5.74, 6) is -0.308. The third-order valence-corrected chi connectivity index (χ3v) is 6.58. The molecule has 37 heavy (non-hydrogen) atoms. The lowest BCUT2D eigenvalue weighted by molar-refractivity contribution is -0.135. The highest BCUT2D eigenvalue weighted by atomic mass is 35.5. The fraction of sp³-hybridized carbons (Fsp3) is 0.296. The van der Waals surface area contributed by atoms with Gasteiger partial charge in [0.1, 0.15) is 0 Å². The van der Waals surface area contributed by atoms with Gasteiger partial charge >= 0.3 is 0 Å². The lowest BCUT2D eigenvalue weighted by atomic mass is 9.85. The van der Waals surface area contributed by atoms with E-state index in [0.717, 1.165) is 17.4 Å². The van der Waals surface area contributed by atoms with Crippen LogP contribution >= 0.6 is 11.6 Å². The predicted molar refractivity (Wildman–Crippen MR) is 144 cm³/mol. The van der Waals surface area contributed by atoms with Crippen molar-refractivity contribution in [3.63, 3.8) is 0 Å². The first-order chi connectivity index (χ1) is 17.4. The third-order valence-electron chi connectivity index (χ3n) is 5.72. The van der Waals surface area contributed by atoms with Gasteiger partial charge in [0.15, 0.2) is 5.60 Å². The number of pyridine rings is 1. The van der Waals surface area contributed by atoms with Gasteiger partial charge in [0, 0.05) is 23.0 Å². The molecule has 194 valence electrons. The number of sulfonamides is 1. The second-order valence-electron chi connectivity index (χ2n) is 9.31. The first kappa shape index (κ1) is 28.0. The molecule has 8 nitrogen and oxygen atoms in total. The standard InChI is InChI=1S/C27H29ClN4O4S/c1-18(24(15-19-8-10-22(28)11-9-19)21-7-5-6-20(14-21)16-29)31-26(33)27(2,3)36-25-13-12-23(17-30-25)32-37(4,34)35/h5-14,17-18,24,32H,15H2,1-4H3,(H,31,33). The number of aromatic nitrogens is 1. The van der Waals surface area contributed by atoms with E-state index in [1.807, 2.05) is 49.4 Å². The molecule has 0 bridgehead atoms. The highest BCUT2D eigenvalue weighted by Gasteiger charge is 2.33. The monoisotopic (exact) mass is 540 g/mol. The number of hydrogen-bond acceptors (Lipinski definition) is 6. The lowest BCUT2D eigenvalue weighted by Gasteiger charge is -2.30. The number of rotatable bonds is 10. The zero-order valence-electron chi connectivity index (χ0n) is 21.0. The van der Waals surface area contributed by atoms with E-state index in [2.05, 4.69) is 21.1 Å². The molecule has 1 heterocycles. The molecule has 0 spiro atoms. The highest BCUT2D eigenvalue weighted by molar-refractivity contribution is 7.92. The fourth-order valence-electron chi connectivity index (χ4n) is 3.80. The Morgan fingerprint density at radius 1 is 1.16 bits per heavy atom. The van der Waals surface area contributed by atoms with Gasteiger partial charge in [-0.3, -0.25) is 9.52 Å². The van der Waals surface area contributed by atoms with Gasteiger partial charge in [0.25, 0.3) is 5.91 Å². The van der Waals surface area contributed by atoms with Crippen LogP contribution in [0.4, 0.5) is 5.69 Å². The number of hydrogen-bond donors (Lipinski definition) is 2. The Labute approximate surface area is 222 Å². The van der Waals surface area contributed by atoms with Gasteiger partial charge < -0.3 is 10.1 Å². The van der Waals surface area contributed by atoms with Gasteiger partial charge in [-0.05, 0) is 68.7 Å². The van der Waals surface area contributed by atoms with Crippen LogP contribution in [0.15, 0.2) is 66.9 Å². The molecular formula is C27H29ClN4O4S. The van der Waals surface area contributed by atoms with E-state index in [4.69, 9.17) is 16.3 Å². The van der Waals surface area contributed by atoms with Crippen LogP contribution in [-0.4, -0.2) is 37.2 Å². The molecule has 1 aromatic heterocycles. The number of nitrogens with one attached hydrogen (secondary N) is 2. The zero-order valence-corrected chi connectivity index (χ0v) is 22.6. The maximum absolute atomic E-state index is 13.3. The number of benzene rings is 2. The quantitative estimate of drug-likeness (QED) is 0.385. The van der Waals surface area contributed by atoms with E-state index in [-0.39, 0.29) is 29.4 Å². The van der Waals surface area contributed by atoms with Crippen molar-refractivity contribution in [2.24, 2.45) is 0 Å². The zero-order chi connectivity index (χ0) is 27.2. The Kier molecular flexibility index (Phi) is 8.79. The van der Waals surface area contributed by atoms with Crippen LogP contribution in [0.25, 0.3) is 0 Å². The molecule has 2 aromatic carbocycles. The molecule has 0 aliphatic carbocycles. The second-order valence-corrected chi connectivity index (χ2v) is 11.5. The third kappa shape index (κ3) is 8.20. The molecule has 2 N–H and O–H groups in total. The summed E-state index contributed by atoms with van der Waals surface area (Å²) in [5, 5.41) is 13.1. The van der Waals surface area contributed by atoms with Gasteiger partial charge in [-0.1, -0.05) is 35.9 Å². The number of ether oxygens (including phenoxy) is 1. The summed E-state index contributed by atoms with van der Waals surface area (Å²) >= 11 is 6.05. The summed E-state index contributed by atoms with van der Waals surface area (Å²) in [6.45, 7) is 5.17. The van der Waals surface area contributed by atoms with Crippen LogP contribution in [0.5, 0.6) is 5.88 Å². The second kappa shape index (κ2) is 11.6. The molecule has 1 amide bonds. The van der Waals surface area contributed by atoms with Crippen LogP contribution in [0, 0.1) is 11.3 Å². The van der Waals surface area contributed by atoms with Gasteiger partial charge in [-0.15, -0.1) is 0 Å². The minimum atomic E-state index is -3.43. The lowest BCUT2D eigenvalue weighted by Crippen LogP contribution is -2.51. The number of carbonyl (C=O) groups excluding carboxylic acids is 1. The van der Waals surface area contributed by atoms with Crippen LogP contribution in [-0.2, 0) is 21.2 Å². The summed E-state index contributed by atoms with van der Waals surface area (Å²) < 4.78 is 30.9. The van der Waals surface area contributed by atoms with Crippen molar-refractivity contribution in [3.8, 4) is 11.9 Å². The van der Waals surface area contributed by atoms with Gasteiger partial charge in [-0.2, -0.15) is 5.26 Å². The summed E-state index contributed by atoms with van der Waals surface area (Å²) in [6, 6.07) is 19.7. The average Bonchev–Trinajstić information content (AvgIpc) is 2.83. The minimum Gasteiger partial charge on any atom is -0.462 e. The number of nitrogens with zero attached hydrogens (tertiary/aromatic N) is 2. The van der Waals surface area contributed by atoms with E-state index < -0.39 is 15.6 Å². The van der Waals surface area contributed by atoms with Gasteiger partial charge in [-0.25, -0.2) is 13.4 Å². The van der Waals surface area contributed by atoms with Crippen molar-refractivity contribution in [2.75, 3.05) is 11.0 Å². The molecule has 10 heteroatoms. The van der Waals surface area contributed by atoms with Gasteiger partial charge in [0.05, 0.1) is 29.8 Å². The molecule has 0 radical (unpaired) electrons. The molecule has 3 aromatic rings. The van der Waals surface area contributed by atoms with Gasteiger partial charge in [0.2, 0.25) is 15.9 Å². The van der Waals surface area contributed by atoms with Crippen molar-refractivity contribution in [1.82, 2.24) is 10.3 Å². The maximum atomic E-state index is 13.3. The Morgan fingerprint density at radius 2 is 1.86 bits per heavy atom. The molecule has 2 unspecified atom stereocenters. The number of carbonyl (C=O) groups is 1. The van der Waals surface area contributed by atoms with Crippen molar-refractivity contribution >= 4 is 33.2 Å². The summed E-state index contributed by atoms with van der Waals surface area (Å²) in [7, 11) is -3.43. The number of anilines is 1. The van der Waals surface area contributed by atoms with Crippen LogP contribution in [0.3, 0.4) is 0 Å².